The quantitative estimate of drug-likeness (QED) is 0.558. The fourth-order valence-corrected chi connectivity index (χ4v) is 3.24. The molecule has 1 aliphatic rings. The molecule has 21 heavy (non-hydrogen) atoms. The van der Waals surface area contributed by atoms with Crippen LogP contribution in [0.4, 0.5) is 4.39 Å². The number of methoxy groups -OCH3 is 1. The van der Waals surface area contributed by atoms with Crippen LogP contribution in [0, 0.1) is 5.82 Å². The average molecular weight is 313 g/mol. The number of esters is 1. The van der Waals surface area contributed by atoms with Gasteiger partial charge < -0.3 is 4.74 Å². The summed E-state index contributed by atoms with van der Waals surface area (Å²) >= 11 is 6.24. The van der Waals surface area contributed by atoms with Gasteiger partial charge in [0.25, 0.3) is 0 Å². The Morgan fingerprint density at radius 2 is 2.10 bits per heavy atom. The van der Waals surface area contributed by atoms with E-state index in [4.69, 9.17) is 11.6 Å². The van der Waals surface area contributed by atoms with E-state index in [0.717, 1.165) is 24.0 Å². The molecule has 2 nitrogen and oxygen atoms in total. The summed E-state index contributed by atoms with van der Waals surface area (Å²) in [5.41, 5.74) is 1.55. The molecule has 2 rings (SSSR count). The van der Waals surface area contributed by atoms with E-state index in [-0.39, 0.29) is 23.6 Å². The van der Waals surface area contributed by atoms with Crippen molar-refractivity contribution in [2.24, 2.45) is 0 Å². The Balaban J connectivity index is 2.02. The summed E-state index contributed by atoms with van der Waals surface area (Å²) in [6.45, 7) is 0. The van der Waals surface area contributed by atoms with Gasteiger partial charge in [-0.1, -0.05) is 31.4 Å². The molecule has 1 fully saturated rings. The monoisotopic (exact) mass is 312 g/mol. The van der Waals surface area contributed by atoms with Gasteiger partial charge in [-0.15, -0.1) is 11.6 Å². The number of hydrogen-bond donors (Lipinski definition) is 0. The van der Waals surface area contributed by atoms with Crippen molar-refractivity contribution >= 4 is 17.6 Å². The van der Waals surface area contributed by atoms with Crippen molar-refractivity contribution in [3.8, 4) is 0 Å². The number of rotatable bonds is 5. The maximum Gasteiger partial charge on any atom is 0.305 e. The number of carbonyl (C=O) groups excluding carboxylic acids is 1. The van der Waals surface area contributed by atoms with Crippen LogP contribution in [0.2, 0.25) is 0 Å². The minimum Gasteiger partial charge on any atom is -0.469 e. The lowest BCUT2D eigenvalue weighted by Gasteiger charge is -2.23. The molecular formula is C17H22ClFO2. The highest BCUT2D eigenvalue weighted by atomic mass is 35.5. The molecule has 0 N–H and O–H groups in total. The second-order valence-corrected chi connectivity index (χ2v) is 6.23. The maximum absolute atomic E-state index is 14.3. The average Bonchev–Trinajstić information content (AvgIpc) is 2.52. The molecule has 1 atom stereocenters. The van der Waals surface area contributed by atoms with Gasteiger partial charge in [0.15, 0.2) is 0 Å². The minimum absolute atomic E-state index is 0.164. The summed E-state index contributed by atoms with van der Waals surface area (Å²) in [5, 5.41) is -0.362. The Hall–Kier alpha value is -1.09. The van der Waals surface area contributed by atoms with Gasteiger partial charge in [-0.2, -0.15) is 0 Å². The molecule has 0 saturated heterocycles. The zero-order valence-corrected chi connectivity index (χ0v) is 13.2. The largest absolute Gasteiger partial charge is 0.469 e. The molecule has 0 radical (unpaired) electrons. The number of carbonyl (C=O) groups is 1. The number of hydrogen-bond acceptors (Lipinski definition) is 2. The predicted molar refractivity (Wildman–Crippen MR) is 82.1 cm³/mol. The van der Waals surface area contributed by atoms with Crippen molar-refractivity contribution in [1.82, 2.24) is 0 Å². The third-order valence-electron chi connectivity index (χ3n) is 4.26. The number of alkyl halides is 1. The third kappa shape index (κ3) is 4.44. The van der Waals surface area contributed by atoms with Crippen molar-refractivity contribution in [2.45, 2.75) is 56.2 Å². The second-order valence-electron chi connectivity index (χ2n) is 5.70. The zero-order chi connectivity index (χ0) is 15.2. The van der Waals surface area contributed by atoms with Crippen LogP contribution in [0.25, 0.3) is 0 Å². The highest BCUT2D eigenvalue weighted by molar-refractivity contribution is 6.20. The molecule has 4 heteroatoms. The molecule has 1 aromatic rings. The van der Waals surface area contributed by atoms with Crippen LogP contribution in [-0.4, -0.2) is 13.1 Å². The number of halogens is 2. The Kier molecular flexibility index (Phi) is 6.04. The number of benzene rings is 1. The van der Waals surface area contributed by atoms with Crippen LogP contribution >= 0.6 is 11.6 Å². The van der Waals surface area contributed by atoms with E-state index in [1.165, 1.54) is 32.4 Å². The predicted octanol–water partition coefficient (Wildman–Crippen LogP) is 5.11. The van der Waals surface area contributed by atoms with Gasteiger partial charge in [-0.25, -0.2) is 4.39 Å². The molecule has 0 heterocycles. The van der Waals surface area contributed by atoms with E-state index in [9.17, 15) is 9.18 Å². The first-order valence-corrected chi connectivity index (χ1v) is 8.05. The van der Waals surface area contributed by atoms with Crippen molar-refractivity contribution in [1.29, 1.82) is 0 Å². The standard InChI is InChI=1S/C17H22ClFO2/c1-21-17(20)10-9-15(18)13-7-8-14(16(19)11-13)12-5-3-2-4-6-12/h7-8,11-12,15H,2-6,9-10H2,1H3. The van der Waals surface area contributed by atoms with Crippen LogP contribution in [-0.2, 0) is 9.53 Å². The van der Waals surface area contributed by atoms with Crippen LogP contribution in [0.3, 0.4) is 0 Å². The van der Waals surface area contributed by atoms with E-state index < -0.39 is 0 Å². The first-order chi connectivity index (χ1) is 10.1. The van der Waals surface area contributed by atoms with Crippen molar-refractivity contribution in [2.75, 3.05) is 7.11 Å². The summed E-state index contributed by atoms with van der Waals surface area (Å²) in [5.74, 6) is -0.111. The normalized spacial score (nSPS) is 17.5. The summed E-state index contributed by atoms with van der Waals surface area (Å²) in [6.07, 6.45) is 6.47. The molecular weight excluding hydrogens is 291 g/mol. The van der Waals surface area contributed by atoms with Gasteiger partial charge in [0.05, 0.1) is 12.5 Å². The molecule has 0 amide bonds. The van der Waals surface area contributed by atoms with E-state index in [2.05, 4.69) is 4.74 Å². The first-order valence-electron chi connectivity index (χ1n) is 7.62. The first kappa shape index (κ1) is 16.3. The van der Waals surface area contributed by atoms with E-state index in [1.54, 1.807) is 0 Å². The number of ether oxygens (including phenoxy) is 1. The van der Waals surface area contributed by atoms with Crippen LogP contribution < -0.4 is 0 Å². The summed E-state index contributed by atoms with van der Waals surface area (Å²) in [6, 6.07) is 5.29. The molecule has 1 saturated carbocycles. The lowest BCUT2D eigenvalue weighted by Crippen LogP contribution is -2.07. The molecule has 0 aromatic heterocycles. The topological polar surface area (TPSA) is 26.3 Å². The van der Waals surface area contributed by atoms with Gasteiger partial charge >= 0.3 is 5.97 Å². The molecule has 116 valence electrons. The van der Waals surface area contributed by atoms with Crippen molar-refractivity contribution in [3.63, 3.8) is 0 Å². The van der Waals surface area contributed by atoms with Crippen LogP contribution in [0.15, 0.2) is 18.2 Å². The zero-order valence-electron chi connectivity index (χ0n) is 12.4. The van der Waals surface area contributed by atoms with Gasteiger partial charge in [0, 0.05) is 6.42 Å². The Bertz CT molecular complexity index is 484. The van der Waals surface area contributed by atoms with Crippen LogP contribution in [0.5, 0.6) is 0 Å². The lowest BCUT2D eigenvalue weighted by atomic mass is 9.83. The second kappa shape index (κ2) is 7.79. The van der Waals surface area contributed by atoms with Gasteiger partial charge in [-0.3, -0.25) is 4.79 Å². The fourth-order valence-electron chi connectivity index (χ4n) is 3.00. The van der Waals surface area contributed by atoms with Crippen LogP contribution in [0.1, 0.15) is 67.4 Å². The molecule has 1 unspecified atom stereocenters. The Morgan fingerprint density at radius 1 is 1.38 bits per heavy atom. The molecule has 1 aromatic carbocycles. The van der Waals surface area contributed by atoms with Crippen molar-refractivity contribution in [3.05, 3.63) is 35.1 Å². The smallest absolute Gasteiger partial charge is 0.305 e. The van der Waals surface area contributed by atoms with Gasteiger partial charge in [0.1, 0.15) is 5.82 Å². The van der Waals surface area contributed by atoms with Crippen molar-refractivity contribution < 1.29 is 13.9 Å². The SMILES string of the molecule is COC(=O)CCC(Cl)c1ccc(C2CCCCC2)c(F)c1. The van der Waals surface area contributed by atoms with E-state index in [1.807, 2.05) is 12.1 Å². The molecule has 1 aliphatic carbocycles. The van der Waals surface area contributed by atoms with E-state index >= 15 is 0 Å². The minimum atomic E-state index is -0.362. The maximum atomic E-state index is 14.3. The highest BCUT2D eigenvalue weighted by Crippen LogP contribution is 2.35. The van der Waals surface area contributed by atoms with Gasteiger partial charge in [0.2, 0.25) is 0 Å². The molecule has 0 aliphatic heterocycles. The highest BCUT2D eigenvalue weighted by Gasteiger charge is 2.20. The lowest BCUT2D eigenvalue weighted by molar-refractivity contribution is -0.140. The molecule has 0 bridgehead atoms. The Morgan fingerprint density at radius 3 is 2.71 bits per heavy atom. The fraction of sp³-hybridized carbons (Fsp3) is 0.588. The summed E-state index contributed by atoms with van der Waals surface area (Å²) in [4.78, 5) is 11.1. The van der Waals surface area contributed by atoms with Gasteiger partial charge in [-0.05, 0) is 42.4 Å². The Labute approximate surface area is 130 Å². The van der Waals surface area contributed by atoms with E-state index in [0.29, 0.717) is 12.3 Å². The third-order valence-corrected chi connectivity index (χ3v) is 4.73. The summed E-state index contributed by atoms with van der Waals surface area (Å²) < 4.78 is 18.9. The summed E-state index contributed by atoms with van der Waals surface area (Å²) in [7, 11) is 1.35. The molecule has 0 spiro atoms.